The largest absolute Gasteiger partial charge is 0.444 e. The number of carbonyl (C=O) groups excluding carboxylic acids is 3. The summed E-state index contributed by atoms with van der Waals surface area (Å²) in [7, 11) is 1.59. The fourth-order valence-electron chi connectivity index (χ4n) is 4.47. The van der Waals surface area contributed by atoms with Gasteiger partial charge in [-0.05, 0) is 63.8 Å². The van der Waals surface area contributed by atoms with Crippen LogP contribution in [-0.4, -0.2) is 41.5 Å². The molecule has 0 aliphatic rings. The molecule has 3 aromatic rings. The molecule has 2 N–H and O–H groups in total. The van der Waals surface area contributed by atoms with Gasteiger partial charge in [0, 0.05) is 19.2 Å². The van der Waals surface area contributed by atoms with E-state index < -0.39 is 29.7 Å². The lowest BCUT2D eigenvalue weighted by molar-refractivity contribution is -0.139. The summed E-state index contributed by atoms with van der Waals surface area (Å²) in [6.45, 7) is 11.1. The van der Waals surface area contributed by atoms with Crippen LogP contribution in [0, 0.1) is 20.8 Å². The van der Waals surface area contributed by atoms with Gasteiger partial charge in [-0.15, -0.1) is 0 Å². The SMILES string of the molecule is Cc1cccc(C(C(=O)Nc2c(C)cccc2C)N(C)C(=O)C(Cc2ccccc2)NC(=O)OC(C)(C)C)c1. The number of hydrogen-bond donors (Lipinski definition) is 2. The Morgan fingerprint density at radius 1 is 0.872 bits per heavy atom. The Morgan fingerprint density at radius 2 is 1.49 bits per heavy atom. The molecule has 39 heavy (non-hydrogen) atoms. The Balaban J connectivity index is 1.97. The molecule has 7 nitrogen and oxygen atoms in total. The highest BCUT2D eigenvalue weighted by Crippen LogP contribution is 2.27. The van der Waals surface area contributed by atoms with Crippen molar-refractivity contribution in [2.24, 2.45) is 0 Å². The lowest BCUT2D eigenvalue weighted by atomic mass is 9.99. The van der Waals surface area contributed by atoms with Gasteiger partial charge in [-0.25, -0.2) is 4.79 Å². The first-order valence-corrected chi connectivity index (χ1v) is 13.1. The molecular formula is C32H39N3O4. The maximum Gasteiger partial charge on any atom is 0.408 e. The highest BCUT2D eigenvalue weighted by Gasteiger charge is 2.34. The standard InChI is InChI=1S/C32H39N3O4/c1-21-13-11-18-25(19-21)28(29(36)34-27-22(2)14-12-15-23(27)3)35(7)30(37)26(20-24-16-9-8-10-17-24)33-31(38)39-32(4,5)6/h8-19,26,28H,20H2,1-7H3,(H,33,38)(H,34,36). The third-order valence-electron chi connectivity index (χ3n) is 6.34. The monoisotopic (exact) mass is 529 g/mol. The Labute approximate surface area is 231 Å². The van der Waals surface area contributed by atoms with Crippen molar-refractivity contribution in [3.8, 4) is 0 Å². The summed E-state index contributed by atoms with van der Waals surface area (Å²) in [5.41, 5.74) is 4.34. The van der Waals surface area contributed by atoms with E-state index >= 15 is 0 Å². The number of ether oxygens (including phenoxy) is 1. The van der Waals surface area contributed by atoms with Gasteiger partial charge in [0.15, 0.2) is 0 Å². The first-order valence-electron chi connectivity index (χ1n) is 13.1. The zero-order chi connectivity index (χ0) is 28.7. The summed E-state index contributed by atoms with van der Waals surface area (Å²) in [4.78, 5) is 42.0. The number of hydrogen-bond acceptors (Lipinski definition) is 4. The van der Waals surface area contributed by atoms with Gasteiger partial charge in [0.05, 0.1) is 0 Å². The number of aryl methyl sites for hydroxylation is 3. The fourth-order valence-corrected chi connectivity index (χ4v) is 4.47. The van der Waals surface area contributed by atoms with Crippen LogP contribution >= 0.6 is 0 Å². The lowest BCUT2D eigenvalue weighted by Crippen LogP contribution is -2.52. The number of nitrogens with one attached hydrogen (secondary N) is 2. The molecule has 3 rings (SSSR count). The van der Waals surface area contributed by atoms with Gasteiger partial charge in [0.2, 0.25) is 5.91 Å². The number of nitrogens with zero attached hydrogens (tertiary/aromatic N) is 1. The quantitative estimate of drug-likeness (QED) is 0.381. The Kier molecular flexibility index (Phi) is 9.51. The van der Waals surface area contributed by atoms with Gasteiger partial charge < -0.3 is 20.3 Å². The van der Waals surface area contributed by atoms with Crippen LogP contribution in [0.3, 0.4) is 0 Å². The molecule has 3 aromatic carbocycles. The predicted molar refractivity (Wildman–Crippen MR) is 155 cm³/mol. The molecule has 0 aliphatic carbocycles. The minimum absolute atomic E-state index is 0.238. The van der Waals surface area contributed by atoms with Crippen LogP contribution in [0.4, 0.5) is 10.5 Å². The van der Waals surface area contributed by atoms with Gasteiger partial charge in [-0.3, -0.25) is 9.59 Å². The van der Waals surface area contributed by atoms with Crippen molar-refractivity contribution in [1.29, 1.82) is 0 Å². The smallest absolute Gasteiger partial charge is 0.408 e. The number of rotatable bonds is 8. The third-order valence-corrected chi connectivity index (χ3v) is 6.34. The number of benzene rings is 3. The van der Waals surface area contributed by atoms with Crippen molar-refractivity contribution in [1.82, 2.24) is 10.2 Å². The number of carbonyl (C=O) groups is 3. The first-order chi connectivity index (χ1) is 18.4. The van der Waals surface area contributed by atoms with Crippen molar-refractivity contribution < 1.29 is 19.1 Å². The summed E-state index contributed by atoms with van der Waals surface area (Å²) in [6, 6.07) is 20.9. The number of para-hydroxylation sites is 1. The van der Waals surface area contributed by atoms with Crippen molar-refractivity contribution >= 4 is 23.6 Å². The van der Waals surface area contributed by atoms with E-state index in [1.165, 1.54) is 4.90 Å². The lowest BCUT2D eigenvalue weighted by Gasteiger charge is -2.32. The van der Waals surface area contributed by atoms with Crippen molar-refractivity contribution in [3.05, 3.63) is 101 Å². The molecule has 0 bridgehead atoms. The average molecular weight is 530 g/mol. The van der Waals surface area contributed by atoms with Crippen LogP contribution in [0.1, 0.15) is 54.6 Å². The highest BCUT2D eigenvalue weighted by atomic mass is 16.6. The number of anilines is 1. The van der Waals surface area contributed by atoms with E-state index in [1.54, 1.807) is 27.8 Å². The van der Waals surface area contributed by atoms with Crippen LogP contribution in [0.5, 0.6) is 0 Å². The van der Waals surface area contributed by atoms with Gasteiger partial charge in [-0.1, -0.05) is 78.4 Å². The highest BCUT2D eigenvalue weighted by molar-refractivity contribution is 5.99. The van der Waals surface area contributed by atoms with Crippen LogP contribution in [0.25, 0.3) is 0 Å². The molecule has 3 amide bonds. The summed E-state index contributed by atoms with van der Waals surface area (Å²) in [5, 5.41) is 5.79. The molecule has 2 atom stereocenters. The van der Waals surface area contributed by atoms with Crippen LogP contribution in [0.2, 0.25) is 0 Å². The molecule has 0 spiro atoms. The minimum atomic E-state index is -0.951. The number of amides is 3. The number of likely N-dealkylation sites (N-methyl/N-ethyl adjacent to an activating group) is 1. The predicted octanol–water partition coefficient (Wildman–Crippen LogP) is 5.89. The molecule has 0 saturated heterocycles. The fraction of sp³-hybridized carbons (Fsp3) is 0.344. The van der Waals surface area contributed by atoms with Crippen LogP contribution in [-0.2, 0) is 20.7 Å². The van der Waals surface area contributed by atoms with Gasteiger partial charge in [0.1, 0.15) is 17.7 Å². The maximum absolute atomic E-state index is 14.0. The van der Waals surface area contributed by atoms with E-state index in [-0.39, 0.29) is 12.3 Å². The molecule has 0 radical (unpaired) electrons. The normalized spacial score (nSPS) is 12.7. The molecule has 7 heteroatoms. The van der Waals surface area contributed by atoms with Crippen LogP contribution in [0.15, 0.2) is 72.8 Å². The second kappa shape index (κ2) is 12.6. The van der Waals surface area contributed by atoms with E-state index in [9.17, 15) is 14.4 Å². The molecule has 0 saturated carbocycles. The van der Waals surface area contributed by atoms with E-state index in [1.807, 2.05) is 93.6 Å². The third kappa shape index (κ3) is 8.18. The molecule has 206 valence electrons. The Hall–Kier alpha value is -4.13. The summed E-state index contributed by atoms with van der Waals surface area (Å²) in [5.74, 6) is -0.752. The second-order valence-corrected chi connectivity index (χ2v) is 10.9. The van der Waals surface area contributed by atoms with Crippen molar-refractivity contribution in [3.63, 3.8) is 0 Å². The topological polar surface area (TPSA) is 87.7 Å². The minimum Gasteiger partial charge on any atom is -0.444 e. The zero-order valence-corrected chi connectivity index (χ0v) is 23.9. The van der Waals surface area contributed by atoms with Gasteiger partial charge in [-0.2, -0.15) is 0 Å². The molecule has 0 aromatic heterocycles. The molecule has 0 heterocycles. The van der Waals surface area contributed by atoms with Gasteiger partial charge >= 0.3 is 6.09 Å². The summed E-state index contributed by atoms with van der Waals surface area (Å²) < 4.78 is 5.45. The van der Waals surface area contributed by atoms with Crippen LogP contribution < -0.4 is 10.6 Å². The van der Waals surface area contributed by atoms with E-state index in [2.05, 4.69) is 10.6 Å². The van der Waals surface area contributed by atoms with Crippen molar-refractivity contribution in [2.75, 3.05) is 12.4 Å². The first kappa shape index (κ1) is 29.4. The second-order valence-electron chi connectivity index (χ2n) is 10.9. The molecule has 0 fully saturated rings. The van der Waals surface area contributed by atoms with E-state index in [0.29, 0.717) is 11.3 Å². The zero-order valence-electron chi connectivity index (χ0n) is 23.9. The Bertz CT molecular complexity index is 1290. The molecule has 2 unspecified atom stereocenters. The molecular weight excluding hydrogens is 490 g/mol. The van der Waals surface area contributed by atoms with E-state index in [4.69, 9.17) is 4.74 Å². The average Bonchev–Trinajstić information content (AvgIpc) is 2.85. The summed E-state index contributed by atoms with van der Waals surface area (Å²) >= 11 is 0. The molecule has 0 aliphatic heterocycles. The maximum atomic E-state index is 14.0. The van der Waals surface area contributed by atoms with E-state index in [0.717, 1.165) is 22.3 Å². The number of alkyl carbamates (subject to hydrolysis) is 1. The van der Waals surface area contributed by atoms with Gasteiger partial charge in [0.25, 0.3) is 5.91 Å². The van der Waals surface area contributed by atoms with Crippen molar-refractivity contribution in [2.45, 2.75) is 65.6 Å². The Morgan fingerprint density at radius 3 is 2.08 bits per heavy atom. The summed E-state index contributed by atoms with van der Waals surface area (Å²) in [6.07, 6.45) is -0.459.